The normalized spacial score (nSPS) is 11.4. The van der Waals surface area contributed by atoms with Gasteiger partial charge in [0.15, 0.2) is 0 Å². The van der Waals surface area contributed by atoms with Gasteiger partial charge >= 0.3 is 0 Å². The van der Waals surface area contributed by atoms with Crippen molar-refractivity contribution in [2.75, 3.05) is 0 Å². The summed E-state index contributed by atoms with van der Waals surface area (Å²) in [5, 5.41) is 0. The number of hydrogen-bond acceptors (Lipinski definition) is 1. The third-order valence-corrected chi connectivity index (χ3v) is 3.91. The van der Waals surface area contributed by atoms with Crippen LogP contribution in [0.1, 0.15) is 26.3 Å². The van der Waals surface area contributed by atoms with Crippen LogP contribution in [0, 0.1) is 0 Å². The average molecular weight is 287 g/mol. The molecule has 1 aromatic heterocycles. The molecule has 0 aliphatic carbocycles. The molecule has 0 aliphatic rings. The third-order valence-electron chi connectivity index (χ3n) is 3.91. The SMILES string of the molecule is CC(C)(C)c1cccc(-c2ccc(-c3ccccn3)cc2)c1. The van der Waals surface area contributed by atoms with Crippen LogP contribution in [0.4, 0.5) is 0 Å². The van der Waals surface area contributed by atoms with Gasteiger partial charge in [0, 0.05) is 11.8 Å². The van der Waals surface area contributed by atoms with Gasteiger partial charge < -0.3 is 0 Å². The minimum atomic E-state index is 0.171. The fraction of sp³-hybridized carbons (Fsp3) is 0.190. The Kier molecular flexibility index (Phi) is 3.81. The number of nitrogens with zero attached hydrogens (tertiary/aromatic N) is 1. The lowest BCUT2D eigenvalue weighted by molar-refractivity contribution is 0.590. The molecule has 3 rings (SSSR count). The lowest BCUT2D eigenvalue weighted by Gasteiger charge is -2.19. The highest BCUT2D eigenvalue weighted by atomic mass is 14.7. The van der Waals surface area contributed by atoms with E-state index < -0.39 is 0 Å². The van der Waals surface area contributed by atoms with Gasteiger partial charge in [-0.2, -0.15) is 0 Å². The molecule has 0 fully saturated rings. The highest BCUT2D eigenvalue weighted by molar-refractivity contribution is 5.69. The van der Waals surface area contributed by atoms with E-state index in [1.807, 2.05) is 24.4 Å². The minimum absolute atomic E-state index is 0.171. The minimum Gasteiger partial charge on any atom is -0.256 e. The van der Waals surface area contributed by atoms with E-state index in [4.69, 9.17) is 0 Å². The Morgan fingerprint density at radius 1 is 0.682 bits per heavy atom. The number of hydrogen-bond donors (Lipinski definition) is 0. The molecule has 0 atom stereocenters. The molecular formula is C21H21N. The summed E-state index contributed by atoms with van der Waals surface area (Å²) in [5.41, 5.74) is 6.20. The van der Waals surface area contributed by atoms with E-state index >= 15 is 0 Å². The van der Waals surface area contributed by atoms with Crippen LogP contribution in [0.2, 0.25) is 0 Å². The van der Waals surface area contributed by atoms with Crippen molar-refractivity contribution in [3.63, 3.8) is 0 Å². The van der Waals surface area contributed by atoms with Gasteiger partial charge in [0.05, 0.1) is 5.69 Å². The molecule has 1 heteroatoms. The molecule has 0 bridgehead atoms. The zero-order valence-corrected chi connectivity index (χ0v) is 13.4. The van der Waals surface area contributed by atoms with Crippen LogP contribution in [0.5, 0.6) is 0 Å². The lowest BCUT2D eigenvalue weighted by atomic mass is 9.85. The largest absolute Gasteiger partial charge is 0.256 e. The smallest absolute Gasteiger partial charge is 0.0701 e. The van der Waals surface area contributed by atoms with Crippen LogP contribution in [0.15, 0.2) is 72.9 Å². The van der Waals surface area contributed by atoms with Crippen molar-refractivity contribution in [3.05, 3.63) is 78.5 Å². The molecule has 0 spiro atoms. The quantitative estimate of drug-likeness (QED) is 0.588. The summed E-state index contributed by atoms with van der Waals surface area (Å²) in [6.45, 7) is 6.74. The zero-order chi connectivity index (χ0) is 15.6. The van der Waals surface area contributed by atoms with Crippen molar-refractivity contribution in [2.45, 2.75) is 26.2 Å². The predicted molar refractivity (Wildman–Crippen MR) is 93.8 cm³/mol. The molecule has 0 saturated heterocycles. The molecule has 0 amide bonds. The number of aromatic nitrogens is 1. The van der Waals surface area contributed by atoms with Gasteiger partial charge in [0.25, 0.3) is 0 Å². The molecule has 3 aromatic rings. The maximum absolute atomic E-state index is 4.40. The van der Waals surface area contributed by atoms with Crippen molar-refractivity contribution in [3.8, 4) is 22.4 Å². The van der Waals surface area contributed by atoms with Crippen LogP contribution >= 0.6 is 0 Å². The topological polar surface area (TPSA) is 12.9 Å². The van der Waals surface area contributed by atoms with Crippen molar-refractivity contribution >= 4 is 0 Å². The van der Waals surface area contributed by atoms with E-state index in [1.54, 1.807) is 0 Å². The summed E-state index contributed by atoms with van der Waals surface area (Å²) in [7, 11) is 0. The van der Waals surface area contributed by atoms with Gasteiger partial charge in [-0.1, -0.05) is 75.4 Å². The number of pyridine rings is 1. The Balaban J connectivity index is 1.94. The standard InChI is InChI=1S/C21H21N/c1-21(2,3)19-8-6-7-18(15-19)16-10-12-17(13-11-16)20-9-4-5-14-22-20/h4-15H,1-3H3. The Labute approximate surface area is 132 Å². The lowest BCUT2D eigenvalue weighted by Crippen LogP contribution is -2.10. The van der Waals surface area contributed by atoms with Crippen molar-refractivity contribution in [1.29, 1.82) is 0 Å². The molecule has 1 nitrogen and oxygen atoms in total. The third kappa shape index (κ3) is 3.09. The molecular weight excluding hydrogens is 266 g/mol. The number of rotatable bonds is 2. The fourth-order valence-electron chi connectivity index (χ4n) is 2.53. The summed E-state index contributed by atoms with van der Waals surface area (Å²) in [4.78, 5) is 4.40. The second-order valence-corrected chi connectivity index (χ2v) is 6.62. The molecule has 2 aromatic carbocycles. The summed E-state index contributed by atoms with van der Waals surface area (Å²) in [5.74, 6) is 0. The fourth-order valence-corrected chi connectivity index (χ4v) is 2.53. The van der Waals surface area contributed by atoms with Gasteiger partial charge in [0.2, 0.25) is 0 Å². The van der Waals surface area contributed by atoms with Crippen molar-refractivity contribution < 1.29 is 0 Å². The Bertz CT molecular complexity index is 750. The first-order valence-electron chi connectivity index (χ1n) is 7.66. The highest BCUT2D eigenvalue weighted by Crippen LogP contribution is 2.28. The molecule has 0 unspecified atom stereocenters. The first kappa shape index (κ1) is 14.5. The van der Waals surface area contributed by atoms with Gasteiger partial charge in [-0.05, 0) is 34.2 Å². The molecule has 1 heterocycles. The van der Waals surface area contributed by atoms with Crippen LogP contribution < -0.4 is 0 Å². The van der Waals surface area contributed by atoms with Gasteiger partial charge in [-0.15, -0.1) is 0 Å². The average Bonchev–Trinajstić information content (AvgIpc) is 2.55. The Morgan fingerprint density at radius 3 is 2.05 bits per heavy atom. The second-order valence-electron chi connectivity index (χ2n) is 6.62. The highest BCUT2D eigenvalue weighted by Gasteiger charge is 2.13. The van der Waals surface area contributed by atoms with E-state index in [0.29, 0.717) is 0 Å². The predicted octanol–water partition coefficient (Wildman–Crippen LogP) is 5.71. The molecule has 110 valence electrons. The number of benzene rings is 2. The summed E-state index contributed by atoms with van der Waals surface area (Å²) in [6.07, 6.45) is 1.83. The first-order chi connectivity index (χ1) is 10.5. The van der Waals surface area contributed by atoms with Crippen LogP contribution in [-0.4, -0.2) is 4.98 Å². The van der Waals surface area contributed by atoms with Crippen LogP contribution in [0.25, 0.3) is 22.4 Å². The summed E-state index contributed by atoms with van der Waals surface area (Å²) >= 11 is 0. The van der Waals surface area contributed by atoms with Crippen LogP contribution in [0.3, 0.4) is 0 Å². The van der Waals surface area contributed by atoms with Crippen molar-refractivity contribution in [1.82, 2.24) is 4.98 Å². The van der Waals surface area contributed by atoms with Gasteiger partial charge in [-0.3, -0.25) is 4.98 Å². The van der Waals surface area contributed by atoms with E-state index in [9.17, 15) is 0 Å². The molecule has 22 heavy (non-hydrogen) atoms. The van der Waals surface area contributed by atoms with E-state index in [0.717, 1.165) is 11.3 Å². The van der Waals surface area contributed by atoms with E-state index in [1.165, 1.54) is 16.7 Å². The van der Waals surface area contributed by atoms with Gasteiger partial charge in [-0.25, -0.2) is 0 Å². The van der Waals surface area contributed by atoms with E-state index in [2.05, 4.69) is 74.3 Å². The molecule has 0 N–H and O–H groups in total. The Hall–Kier alpha value is -2.41. The summed E-state index contributed by atoms with van der Waals surface area (Å²) < 4.78 is 0. The first-order valence-corrected chi connectivity index (χ1v) is 7.66. The molecule has 0 aliphatic heterocycles. The van der Waals surface area contributed by atoms with E-state index in [-0.39, 0.29) is 5.41 Å². The second kappa shape index (κ2) is 5.76. The zero-order valence-electron chi connectivity index (χ0n) is 13.4. The monoisotopic (exact) mass is 287 g/mol. The van der Waals surface area contributed by atoms with Gasteiger partial charge in [0.1, 0.15) is 0 Å². The maximum atomic E-state index is 4.40. The van der Waals surface area contributed by atoms with Crippen molar-refractivity contribution in [2.24, 2.45) is 0 Å². The van der Waals surface area contributed by atoms with Crippen LogP contribution in [-0.2, 0) is 5.41 Å². The maximum Gasteiger partial charge on any atom is 0.0701 e. The molecule has 0 radical (unpaired) electrons. The Morgan fingerprint density at radius 2 is 1.41 bits per heavy atom. The summed E-state index contributed by atoms with van der Waals surface area (Å²) in [6, 6.07) is 23.4. The molecule has 0 saturated carbocycles.